The lowest BCUT2D eigenvalue weighted by molar-refractivity contribution is -0.141. The zero-order chi connectivity index (χ0) is 12.7. The summed E-state index contributed by atoms with van der Waals surface area (Å²) in [6, 6.07) is 0. The molecule has 4 atom stereocenters. The highest BCUT2D eigenvalue weighted by Crippen LogP contribution is 2.41. The molecule has 0 saturated carbocycles. The highest BCUT2D eigenvalue weighted by molar-refractivity contribution is 6.07. The third kappa shape index (κ3) is 1.76. The molecule has 1 fully saturated rings. The van der Waals surface area contributed by atoms with Crippen LogP contribution in [0.4, 0.5) is 0 Å². The Labute approximate surface area is 106 Å². The summed E-state index contributed by atoms with van der Waals surface area (Å²) < 4.78 is 11.0. The first-order valence-corrected chi connectivity index (χ1v) is 6.36. The lowest BCUT2D eigenvalue weighted by Gasteiger charge is -2.38. The summed E-state index contributed by atoms with van der Waals surface area (Å²) in [5, 5.41) is 0. The minimum atomic E-state index is -0.385. The number of fused-ring (bicyclic) bond motifs is 1. The van der Waals surface area contributed by atoms with Crippen molar-refractivity contribution in [2.45, 2.75) is 13.2 Å². The van der Waals surface area contributed by atoms with Crippen molar-refractivity contribution >= 4 is 11.6 Å². The van der Waals surface area contributed by atoms with Gasteiger partial charge in [-0.3, -0.25) is 9.59 Å². The average molecular weight is 248 g/mol. The van der Waals surface area contributed by atoms with E-state index >= 15 is 0 Å². The molecule has 0 N–H and O–H groups in total. The van der Waals surface area contributed by atoms with Gasteiger partial charge in [-0.2, -0.15) is 0 Å². The number of carbonyl (C=O) groups excluding carboxylic acids is 2. The van der Waals surface area contributed by atoms with Crippen LogP contribution >= 0.6 is 0 Å². The Balaban J connectivity index is 1.95. The van der Waals surface area contributed by atoms with E-state index in [0.29, 0.717) is 13.2 Å². The van der Waals surface area contributed by atoms with Crippen molar-refractivity contribution in [3.8, 4) is 0 Å². The maximum Gasteiger partial charge on any atom is 0.164 e. The summed E-state index contributed by atoms with van der Waals surface area (Å²) in [5.41, 5.74) is 0. The Morgan fingerprint density at radius 1 is 1.00 bits per heavy atom. The van der Waals surface area contributed by atoms with E-state index in [2.05, 4.69) is 0 Å². The normalized spacial score (nSPS) is 40.3. The van der Waals surface area contributed by atoms with E-state index in [4.69, 9.17) is 9.47 Å². The van der Waals surface area contributed by atoms with Crippen LogP contribution in [0.2, 0.25) is 0 Å². The number of rotatable bonds is 1. The van der Waals surface area contributed by atoms with E-state index in [1.807, 2.05) is 19.1 Å². The van der Waals surface area contributed by atoms with E-state index in [1.165, 1.54) is 12.2 Å². The molecule has 0 bridgehead atoms. The van der Waals surface area contributed by atoms with E-state index < -0.39 is 0 Å². The maximum absolute atomic E-state index is 12.1. The van der Waals surface area contributed by atoms with Crippen molar-refractivity contribution in [2.24, 2.45) is 23.7 Å². The second kappa shape index (κ2) is 4.44. The molecular formula is C14H16O4. The van der Waals surface area contributed by atoms with Gasteiger partial charge in [0.15, 0.2) is 17.9 Å². The van der Waals surface area contributed by atoms with Crippen molar-refractivity contribution in [2.75, 3.05) is 13.2 Å². The number of ether oxygens (including phenoxy) is 2. The van der Waals surface area contributed by atoms with Gasteiger partial charge in [0.2, 0.25) is 0 Å². The predicted molar refractivity (Wildman–Crippen MR) is 63.6 cm³/mol. The first-order valence-electron chi connectivity index (χ1n) is 6.36. The van der Waals surface area contributed by atoms with Crippen LogP contribution in [0, 0.1) is 23.7 Å². The second-order valence-electron chi connectivity index (χ2n) is 5.12. The molecule has 3 aliphatic rings. The number of hydrogen-bond donors (Lipinski definition) is 0. The van der Waals surface area contributed by atoms with Crippen LogP contribution in [0.15, 0.2) is 24.3 Å². The molecule has 0 spiro atoms. The van der Waals surface area contributed by atoms with Crippen LogP contribution in [0.25, 0.3) is 0 Å². The van der Waals surface area contributed by atoms with Gasteiger partial charge in [-0.25, -0.2) is 0 Å². The third-order valence-corrected chi connectivity index (χ3v) is 4.04. The fraction of sp³-hybridized carbons (Fsp3) is 0.571. The van der Waals surface area contributed by atoms with Crippen LogP contribution in [0.5, 0.6) is 0 Å². The molecule has 0 aromatic rings. The average Bonchev–Trinajstić information content (AvgIpc) is 2.87. The monoisotopic (exact) mass is 248 g/mol. The molecule has 18 heavy (non-hydrogen) atoms. The first-order chi connectivity index (χ1) is 8.68. The fourth-order valence-corrected chi connectivity index (χ4v) is 3.16. The number of carbonyl (C=O) groups is 2. The molecule has 2 aliphatic carbocycles. The van der Waals surface area contributed by atoms with Gasteiger partial charge in [-0.05, 0) is 18.1 Å². The SMILES string of the molecule is CC1C=CC(C2OCCO2)C2C(=O)C=CC(=O)C12. The number of hydrogen-bond acceptors (Lipinski definition) is 4. The van der Waals surface area contributed by atoms with Gasteiger partial charge in [0, 0.05) is 17.8 Å². The number of ketones is 2. The summed E-state index contributed by atoms with van der Waals surface area (Å²) >= 11 is 0. The van der Waals surface area contributed by atoms with Crippen LogP contribution in [-0.2, 0) is 19.1 Å². The van der Waals surface area contributed by atoms with Gasteiger partial charge in [0.1, 0.15) is 0 Å². The Morgan fingerprint density at radius 2 is 1.61 bits per heavy atom. The highest BCUT2D eigenvalue weighted by atomic mass is 16.7. The summed E-state index contributed by atoms with van der Waals surface area (Å²) in [7, 11) is 0. The molecule has 4 unspecified atom stereocenters. The summed E-state index contributed by atoms with van der Waals surface area (Å²) in [4.78, 5) is 24.1. The molecule has 3 rings (SSSR count). The second-order valence-corrected chi connectivity index (χ2v) is 5.12. The quantitative estimate of drug-likeness (QED) is 0.653. The van der Waals surface area contributed by atoms with Crippen molar-refractivity contribution < 1.29 is 19.1 Å². The molecule has 1 heterocycles. The lowest BCUT2D eigenvalue weighted by Crippen LogP contribution is -2.45. The van der Waals surface area contributed by atoms with E-state index in [-0.39, 0.29) is 41.5 Å². The summed E-state index contributed by atoms with van der Waals surface area (Å²) in [6.45, 7) is 3.09. The largest absolute Gasteiger partial charge is 0.350 e. The molecule has 0 amide bonds. The van der Waals surface area contributed by atoms with Crippen LogP contribution in [-0.4, -0.2) is 31.1 Å². The van der Waals surface area contributed by atoms with Gasteiger partial charge in [-0.15, -0.1) is 0 Å². The van der Waals surface area contributed by atoms with E-state index in [1.54, 1.807) is 0 Å². The van der Waals surface area contributed by atoms with Gasteiger partial charge < -0.3 is 9.47 Å². The Kier molecular flexibility index (Phi) is 2.92. The Hall–Kier alpha value is -1.26. The Morgan fingerprint density at radius 3 is 2.28 bits per heavy atom. The molecule has 0 aromatic heterocycles. The highest BCUT2D eigenvalue weighted by Gasteiger charge is 2.47. The molecule has 1 aliphatic heterocycles. The summed E-state index contributed by atoms with van der Waals surface area (Å²) in [5.74, 6) is -0.584. The van der Waals surface area contributed by atoms with Gasteiger partial charge >= 0.3 is 0 Å². The molecule has 4 nitrogen and oxygen atoms in total. The maximum atomic E-state index is 12.1. The van der Waals surface area contributed by atoms with E-state index in [0.717, 1.165) is 0 Å². The van der Waals surface area contributed by atoms with Gasteiger partial charge in [0.25, 0.3) is 0 Å². The first kappa shape index (κ1) is 11.8. The van der Waals surface area contributed by atoms with Crippen LogP contribution in [0.3, 0.4) is 0 Å². The standard InChI is InChI=1S/C14H16O4/c1-8-2-3-9(14-17-6-7-18-14)13-11(16)5-4-10(15)12(8)13/h2-5,8-9,12-14H,6-7H2,1H3. The summed E-state index contributed by atoms with van der Waals surface area (Å²) in [6.07, 6.45) is 6.40. The molecule has 1 saturated heterocycles. The minimum Gasteiger partial charge on any atom is -0.350 e. The third-order valence-electron chi connectivity index (χ3n) is 4.04. The van der Waals surface area contributed by atoms with Crippen LogP contribution < -0.4 is 0 Å². The zero-order valence-electron chi connectivity index (χ0n) is 10.2. The number of allylic oxidation sites excluding steroid dienone is 3. The van der Waals surface area contributed by atoms with Gasteiger partial charge in [0.05, 0.1) is 13.2 Å². The van der Waals surface area contributed by atoms with Crippen molar-refractivity contribution in [1.82, 2.24) is 0 Å². The van der Waals surface area contributed by atoms with Crippen LogP contribution in [0.1, 0.15) is 6.92 Å². The zero-order valence-corrected chi connectivity index (χ0v) is 10.2. The van der Waals surface area contributed by atoms with Crippen molar-refractivity contribution in [3.05, 3.63) is 24.3 Å². The van der Waals surface area contributed by atoms with Gasteiger partial charge in [-0.1, -0.05) is 19.1 Å². The van der Waals surface area contributed by atoms with E-state index in [9.17, 15) is 9.59 Å². The predicted octanol–water partition coefficient (Wildman–Crippen LogP) is 1.12. The van der Waals surface area contributed by atoms with Crippen molar-refractivity contribution in [3.63, 3.8) is 0 Å². The molecule has 0 aromatic carbocycles. The molecule has 96 valence electrons. The fourth-order valence-electron chi connectivity index (χ4n) is 3.16. The Bertz CT molecular complexity index is 431. The smallest absolute Gasteiger partial charge is 0.164 e. The molecular weight excluding hydrogens is 232 g/mol. The molecule has 0 radical (unpaired) electrons. The minimum absolute atomic E-state index is 0.0138. The molecule has 4 heteroatoms. The van der Waals surface area contributed by atoms with Crippen molar-refractivity contribution in [1.29, 1.82) is 0 Å². The topological polar surface area (TPSA) is 52.6 Å². The lowest BCUT2D eigenvalue weighted by atomic mass is 9.65.